The number of hydrogen-bond donors (Lipinski definition) is 2. The molecule has 16 heavy (non-hydrogen) atoms. The summed E-state index contributed by atoms with van der Waals surface area (Å²) in [6, 6.07) is 3.00. The van der Waals surface area contributed by atoms with Gasteiger partial charge in [0.2, 0.25) is 0 Å². The van der Waals surface area contributed by atoms with Crippen LogP contribution >= 0.6 is 11.6 Å². The smallest absolute Gasteiger partial charge is 0.261 e. The van der Waals surface area contributed by atoms with Crippen molar-refractivity contribution < 1.29 is 8.78 Å². The highest BCUT2D eigenvalue weighted by atomic mass is 35.5. The molecule has 0 unspecified atom stereocenters. The van der Waals surface area contributed by atoms with E-state index in [0.29, 0.717) is 17.5 Å². The van der Waals surface area contributed by atoms with Crippen molar-refractivity contribution >= 4 is 17.4 Å². The first-order valence-electron chi connectivity index (χ1n) is 4.89. The van der Waals surface area contributed by atoms with Gasteiger partial charge in [-0.15, -0.1) is 10.2 Å². The maximum Gasteiger partial charge on any atom is 0.261 e. The molecule has 1 fully saturated rings. The Kier molecular flexibility index (Phi) is 3.20. The summed E-state index contributed by atoms with van der Waals surface area (Å²) in [6.07, 6.45) is -0.152. The molecule has 0 spiro atoms. The van der Waals surface area contributed by atoms with Gasteiger partial charge in [0.15, 0.2) is 5.15 Å². The van der Waals surface area contributed by atoms with Gasteiger partial charge in [0.1, 0.15) is 5.82 Å². The summed E-state index contributed by atoms with van der Waals surface area (Å²) < 4.78 is 25.7. The molecule has 1 aromatic rings. The summed E-state index contributed by atoms with van der Waals surface area (Å²) in [7, 11) is 0. The molecule has 0 radical (unpaired) electrons. The van der Waals surface area contributed by atoms with Crippen LogP contribution in [0.1, 0.15) is 6.42 Å². The van der Waals surface area contributed by atoms with Gasteiger partial charge in [0.05, 0.1) is 6.54 Å². The zero-order valence-electron chi connectivity index (χ0n) is 8.38. The van der Waals surface area contributed by atoms with Gasteiger partial charge < -0.3 is 10.6 Å². The number of alkyl halides is 2. The molecule has 0 aromatic carbocycles. The van der Waals surface area contributed by atoms with E-state index in [4.69, 9.17) is 11.6 Å². The van der Waals surface area contributed by atoms with Crippen LogP contribution in [-0.2, 0) is 0 Å². The number of nitrogens with one attached hydrogen (secondary N) is 2. The van der Waals surface area contributed by atoms with Crippen LogP contribution in [0.5, 0.6) is 0 Å². The third kappa shape index (κ3) is 2.99. The number of aromatic nitrogens is 2. The second-order valence-corrected chi connectivity index (χ2v) is 4.15. The van der Waals surface area contributed by atoms with Crippen molar-refractivity contribution in [3.63, 3.8) is 0 Å². The van der Waals surface area contributed by atoms with Crippen LogP contribution in [0.25, 0.3) is 0 Å². The average molecular weight is 249 g/mol. The first kappa shape index (κ1) is 11.5. The highest BCUT2D eigenvalue weighted by molar-refractivity contribution is 6.29. The van der Waals surface area contributed by atoms with Crippen molar-refractivity contribution in [3.8, 4) is 0 Å². The molecule has 1 aromatic heterocycles. The highest BCUT2D eigenvalue weighted by Gasteiger charge is 2.38. The molecule has 7 heteroatoms. The molecule has 88 valence electrons. The van der Waals surface area contributed by atoms with Gasteiger partial charge in [-0.25, -0.2) is 8.78 Å². The Morgan fingerprint density at radius 2 is 2.31 bits per heavy atom. The van der Waals surface area contributed by atoms with Gasteiger partial charge in [0, 0.05) is 19.0 Å². The largest absolute Gasteiger partial charge is 0.367 e. The monoisotopic (exact) mass is 248 g/mol. The second kappa shape index (κ2) is 4.47. The number of nitrogens with zero attached hydrogens (tertiary/aromatic N) is 2. The van der Waals surface area contributed by atoms with Crippen LogP contribution in [0.3, 0.4) is 0 Å². The molecule has 2 N–H and O–H groups in total. The van der Waals surface area contributed by atoms with E-state index in [0.717, 1.165) is 0 Å². The fourth-order valence-electron chi connectivity index (χ4n) is 1.58. The first-order chi connectivity index (χ1) is 7.55. The quantitative estimate of drug-likeness (QED) is 0.852. The lowest BCUT2D eigenvalue weighted by molar-refractivity contribution is 0.0214. The van der Waals surface area contributed by atoms with E-state index in [9.17, 15) is 8.78 Å². The Hall–Kier alpha value is -1.01. The van der Waals surface area contributed by atoms with E-state index in [1.54, 1.807) is 12.1 Å². The summed E-state index contributed by atoms with van der Waals surface area (Å²) in [5.74, 6) is -2.07. The molecule has 2 heterocycles. The van der Waals surface area contributed by atoms with Crippen LogP contribution in [0, 0.1) is 0 Å². The van der Waals surface area contributed by atoms with Gasteiger partial charge in [-0.05, 0) is 12.1 Å². The lowest BCUT2D eigenvalue weighted by Crippen LogP contribution is -2.29. The van der Waals surface area contributed by atoms with E-state index >= 15 is 0 Å². The molecule has 0 saturated carbocycles. The predicted octanol–water partition coefficient (Wildman–Crippen LogP) is 1.54. The summed E-state index contributed by atoms with van der Waals surface area (Å²) in [4.78, 5) is 0. The topological polar surface area (TPSA) is 49.8 Å². The summed E-state index contributed by atoms with van der Waals surface area (Å²) in [5, 5.41) is 13.4. The Bertz CT molecular complexity index is 357. The first-order valence-corrected chi connectivity index (χ1v) is 5.27. The van der Waals surface area contributed by atoms with Gasteiger partial charge in [-0.3, -0.25) is 0 Å². The highest BCUT2D eigenvalue weighted by Crippen LogP contribution is 2.25. The summed E-state index contributed by atoms with van der Waals surface area (Å²) in [6.45, 7) is 0.136. The van der Waals surface area contributed by atoms with Gasteiger partial charge >= 0.3 is 0 Å². The number of hydrogen-bond acceptors (Lipinski definition) is 4. The molecule has 1 aliphatic heterocycles. The van der Waals surface area contributed by atoms with E-state index in [1.807, 2.05) is 0 Å². The van der Waals surface area contributed by atoms with Crippen LogP contribution in [0.4, 0.5) is 14.6 Å². The SMILES string of the molecule is FC1(F)CN[C@@H](CNc2ccc(Cl)nn2)C1. The number of anilines is 1. The van der Waals surface area contributed by atoms with E-state index in [2.05, 4.69) is 20.8 Å². The zero-order valence-corrected chi connectivity index (χ0v) is 9.14. The molecule has 0 amide bonds. The minimum Gasteiger partial charge on any atom is -0.367 e. The Balaban J connectivity index is 1.82. The molecule has 1 atom stereocenters. The van der Waals surface area contributed by atoms with Crippen LogP contribution in [-0.4, -0.2) is 35.3 Å². The van der Waals surface area contributed by atoms with Crippen molar-refractivity contribution in [1.82, 2.24) is 15.5 Å². The zero-order chi connectivity index (χ0) is 11.6. The summed E-state index contributed by atoms with van der Waals surface area (Å²) >= 11 is 5.56. The molecular weight excluding hydrogens is 238 g/mol. The standard InChI is InChI=1S/C9H11ClF2N4/c10-7-1-2-8(16-15-7)13-4-6-3-9(11,12)5-14-6/h1-2,6,14H,3-5H2,(H,13,16)/t6-/m1/s1. The number of rotatable bonds is 3. The Morgan fingerprint density at radius 3 is 2.88 bits per heavy atom. The van der Waals surface area contributed by atoms with E-state index < -0.39 is 5.92 Å². The van der Waals surface area contributed by atoms with E-state index in [1.165, 1.54) is 0 Å². The molecule has 1 aliphatic rings. The lowest BCUT2D eigenvalue weighted by Gasteiger charge is -2.11. The molecule has 1 saturated heterocycles. The minimum atomic E-state index is -2.60. The van der Waals surface area contributed by atoms with Gasteiger partial charge in [0.25, 0.3) is 5.92 Å². The molecule has 4 nitrogen and oxygen atoms in total. The van der Waals surface area contributed by atoms with Crippen molar-refractivity contribution in [1.29, 1.82) is 0 Å². The van der Waals surface area contributed by atoms with Crippen LogP contribution in [0.2, 0.25) is 5.15 Å². The predicted molar refractivity (Wildman–Crippen MR) is 56.9 cm³/mol. The van der Waals surface area contributed by atoms with Gasteiger partial charge in [-0.1, -0.05) is 11.6 Å². The van der Waals surface area contributed by atoms with Gasteiger partial charge in [-0.2, -0.15) is 0 Å². The van der Waals surface area contributed by atoms with Crippen molar-refractivity contribution in [3.05, 3.63) is 17.3 Å². The number of halogens is 3. The van der Waals surface area contributed by atoms with Crippen LogP contribution < -0.4 is 10.6 Å². The third-order valence-corrected chi connectivity index (χ3v) is 2.56. The molecule has 0 aliphatic carbocycles. The Labute approximate surface area is 96.4 Å². The normalized spacial score (nSPS) is 23.3. The van der Waals surface area contributed by atoms with Crippen molar-refractivity contribution in [2.24, 2.45) is 0 Å². The molecule has 0 bridgehead atoms. The fraction of sp³-hybridized carbons (Fsp3) is 0.556. The molecule has 2 rings (SSSR count). The molecular formula is C9H11ClF2N4. The second-order valence-electron chi connectivity index (χ2n) is 3.76. The van der Waals surface area contributed by atoms with Crippen molar-refractivity contribution in [2.75, 3.05) is 18.4 Å². The Morgan fingerprint density at radius 1 is 1.50 bits per heavy atom. The van der Waals surface area contributed by atoms with Crippen LogP contribution in [0.15, 0.2) is 12.1 Å². The lowest BCUT2D eigenvalue weighted by atomic mass is 10.2. The third-order valence-electron chi connectivity index (χ3n) is 2.36. The maximum absolute atomic E-state index is 12.8. The minimum absolute atomic E-state index is 0.152. The maximum atomic E-state index is 12.8. The average Bonchev–Trinajstić information content (AvgIpc) is 2.58. The van der Waals surface area contributed by atoms with Crippen molar-refractivity contribution in [2.45, 2.75) is 18.4 Å². The summed E-state index contributed by atoms with van der Waals surface area (Å²) in [5.41, 5.74) is 0. The fourth-order valence-corrected chi connectivity index (χ4v) is 1.68. The van der Waals surface area contributed by atoms with E-state index in [-0.39, 0.29) is 19.0 Å².